The second kappa shape index (κ2) is 7.76. The Kier molecular flexibility index (Phi) is 5.60. The Morgan fingerprint density at radius 1 is 1.44 bits per heavy atom. The number of hydrogen-bond donors (Lipinski definition) is 2. The summed E-state index contributed by atoms with van der Waals surface area (Å²) in [6, 6.07) is 3.28. The number of nitrogens with one attached hydrogen (secondary N) is 1. The Morgan fingerprint density at radius 3 is 2.96 bits per heavy atom. The molecule has 0 radical (unpaired) electrons. The predicted molar refractivity (Wildman–Crippen MR) is 101 cm³/mol. The number of carbonyl (C=O) groups excluding carboxylic acids is 2. The largest absolute Gasteiger partial charge is 0.507 e. The molecule has 0 bridgehead atoms. The number of carbonyl (C=O) groups is 2. The Morgan fingerprint density at radius 2 is 2.22 bits per heavy atom. The summed E-state index contributed by atoms with van der Waals surface area (Å²) in [5.41, 5.74) is -0.467. The van der Waals surface area contributed by atoms with E-state index >= 15 is 0 Å². The number of rotatable bonds is 6. The third-order valence-corrected chi connectivity index (χ3v) is 5.12. The molecule has 2 N–H and O–H groups in total. The van der Waals surface area contributed by atoms with Gasteiger partial charge in [-0.2, -0.15) is 0 Å². The number of hydrogen-bond acceptors (Lipinski definition) is 6. The lowest BCUT2D eigenvalue weighted by molar-refractivity contribution is -0.123. The summed E-state index contributed by atoms with van der Waals surface area (Å²) in [6.07, 6.45) is 2.45. The number of nitrogens with zero attached hydrogens (tertiary/aromatic N) is 1. The van der Waals surface area contributed by atoms with Gasteiger partial charge in [0.1, 0.15) is 28.4 Å². The van der Waals surface area contributed by atoms with E-state index in [1.54, 1.807) is 6.07 Å². The molecule has 0 saturated carbocycles. The maximum atomic E-state index is 12.2. The highest BCUT2D eigenvalue weighted by Crippen LogP contribution is 2.40. The number of likely N-dealkylation sites (N-methyl/N-ethyl adjacent to an activating group) is 1. The molecule has 0 aromatic heterocycles. The Bertz CT molecular complexity index is 731. The van der Waals surface area contributed by atoms with E-state index in [2.05, 4.69) is 17.1 Å². The van der Waals surface area contributed by atoms with Crippen LogP contribution in [0.1, 0.15) is 50.4 Å². The molecular weight excluding hydrogens is 348 g/mol. The summed E-state index contributed by atoms with van der Waals surface area (Å²) in [5.74, 6) is 0.0136. The summed E-state index contributed by atoms with van der Waals surface area (Å²) in [5, 5.41) is 13.1. The number of phenolic OH excluding ortho intramolecular Hbond substituents is 1. The first-order valence-corrected chi connectivity index (χ1v) is 9.52. The van der Waals surface area contributed by atoms with Crippen LogP contribution in [0.25, 0.3) is 0 Å². The zero-order valence-corrected chi connectivity index (χ0v) is 16.2. The zero-order valence-electron chi connectivity index (χ0n) is 16.2. The fraction of sp³-hybridized carbons (Fsp3) is 0.600. The van der Waals surface area contributed by atoms with Gasteiger partial charge in [0.2, 0.25) is 0 Å². The quantitative estimate of drug-likeness (QED) is 0.791. The van der Waals surface area contributed by atoms with Gasteiger partial charge in [-0.15, -0.1) is 0 Å². The Balaban J connectivity index is 1.57. The van der Waals surface area contributed by atoms with E-state index in [0.717, 1.165) is 25.9 Å². The second-order valence-electron chi connectivity index (χ2n) is 7.79. The van der Waals surface area contributed by atoms with Gasteiger partial charge in [-0.05, 0) is 39.8 Å². The van der Waals surface area contributed by atoms with Crippen LogP contribution in [-0.2, 0) is 4.79 Å². The van der Waals surface area contributed by atoms with Gasteiger partial charge in [-0.25, -0.2) is 0 Å². The average Bonchev–Trinajstić information content (AvgIpc) is 3.03. The van der Waals surface area contributed by atoms with E-state index in [1.165, 1.54) is 6.07 Å². The van der Waals surface area contributed by atoms with Gasteiger partial charge in [0.15, 0.2) is 12.4 Å². The van der Waals surface area contributed by atoms with E-state index in [4.69, 9.17) is 9.47 Å². The summed E-state index contributed by atoms with van der Waals surface area (Å²) >= 11 is 0. The standard InChI is InChI=1S/C20H28N2O5/c1-4-22-7-5-6-13(22)11-21-18(25)12-26-14-8-15(23)19-16(24)10-20(2,3)27-17(19)9-14/h8-9,13,23H,4-7,10-12H2,1-3H3,(H,21,25)/t13-/m1/s1. The molecule has 1 atom stereocenters. The van der Waals surface area contributed by atoms with E-state index in [-0.39, 0.29) is 41.8 Å². The van der Waals surface area contributed by atoms with Crippen LogP contribution >= 0.6 is 0 Å². The molecular formula is C20H28N2O5. The monoisotopic (exact) mass is 376 g/mol. The minimum atomic E-state index is -0.640. The Labute approximate surface area is 159 Å². The van der Waals surface area contributed by atoms with E-state index in [1.807, 2.05) is 13.8 Å². The van der Waals surface area contributed by atoms with E-state index < -0.39 is 5.60 Å². The van der Waals surface area contributed by atoms with Crippen molar-refractivity contribution in [2.24, 2.45) is 0 Å². The summed E-state index contributed by atoms with van der Waals surface area (Å²) in [7, 11) is 0. The second-order valence-corrected chi connectivity index (χ2v) is 7.79. The van der Waals surface area contributed by atoms with E-state index in [0.29, 0.717) is 18.3 Å². The smallest absolute Gasteiger partial charge is 0.257 e. The first kappa shape index (κ1) is 19.5. The molecule has 3 rings (SSSR count). The number of Topliss-reactive ketones (excluding diaryl/α,β-unsaturated/α-hetero) is 1. The van der Waals surface area contributed by atoms with Gasteiger partial charge in [0.05, 0.1) is 6.42 Å². The van der Waals surface area contributed by atoms with Gasteiger partial charge in [0, 0.05) is 24.7 Å². The minimum absolute atomic E-state index is 0.158. The molecule has 27 heavy (non-hydrogen) atoms. The summed E-state index contributed by atoms with van der Waals surface area (Å²) in [4.78, 5) is 26.7. The first-order valence-electron chi connectivity index (χ1n) is 9.52. The number of phenols is 1. The van der Waals surface area contributed by atoms with Gasteiger partial charge in [-0.3, -0.25) is 14.5 Å². The summed E-state index contributed by atoms with van der Waals surface area (Å²) < 4.78 is 11.3. The lowest BCUT2D eigenvalue weighted by Gasteiger charge is -2.32. The molecule has 1 amide bonds. The maximum Gasteiger partial charge on any atom is 0.257 e. The fourth-order valence-electron chi connectivity index (χ4n) is 3.80. The molecule has 0 aliphatic carbocycles. The molecule has 1 fully saturated rings. The number of ether oxygens (including phenoxy) is 2. The number of benzene rings is 1. The van der Waals surface area contributed by atoms with Crippen LogP contribution in [0.4, 0.5) is 0 Å². The molecule has 148 valence electrons. The van der Waals surface area contributed by atoms with E-state index in [9.17, 15) is 14.7 Å². The third kappa shape index (κ3) is 4.53. The van der Waals surface area contributed by atoms with Gasteiger partial charge in [0.25, 0.3) is 5.91 Å². The third-order valence-electron chi connectivity index (χ3n) is 5.12. The van der Waals surface area contributed by atoms with Crippen molar-refractivity contribution < 1.29 is 24.2 Å². The number of fused-ring (bicyclic) bond motifs is 1. The molecule has 2 aliphatic rings. The number of amides is 1. The Hall–Kier alpha value is -2.28. The van der Waals surface area contributed by atoms with Crippen molar-refractivity contribution in [3.63, 3.8) is 0 Å². The number of aromatic hydroxyl groups is 1. The van der Waals surface area contributed by atoms with Crippen molar-refractivity contribution in [2.75, 3.05) is 26.2 Å². The highest BCUT2D eigenvalue weighted by molar-refractivity contribution is 6.03. The average molecular weight is 376 g/mol. The van der Waals surface area contributed by atoms with Crippen molar-refractivity contribution in [1.82, 2.24) is 10.2 Å². The minimum Gasteiger partial charge on any atom is -0.507 e. The van der Waals surface area contributed by atoms with Crippen LogP contribution in [0, 0.1) is 0 Å². The highest BCUT2D eigenvalue weighted by Gasteiger charge is 2.35. The van der Waals surface area contributed by atoms with Gasteiger partial charge < -0.3 is 19.9 Å². The van der Waals surface area contributed by atoms with Gasteiger partial charge in [-0.1, -0.05) is 6.92 Å². The van der Waals surface area contributed by atoms with Crippen LogP contribution < -0.4 is 14.8 Å². The van der Waals surface area contributed by atoms with Crippen LogP contribution in [0.2, 0.25) is 0 Å². The van der Waals surface area contributed by atoms with Crippen LogP contribution in [-0.4, -0.2) is 59.6 Å². The molecule has 1 aromatic rings. The number of likely N-dealkylation sites (tertiary alicyclic amines) is 1. The SMILES string of the molecule is CCN1CCC[C@@H]1CNC(=O)COc1cc(O)c2c(c1)OC(C)(C)CC2=O. The molecule has 1 saturated heterocycles. The first-order chi connectivity index (χ1) is 12.8. The molecule has 0 unspecified atom stereocenters. The molecule has 1 aromatic carbocycles. The molecule has 2 aliphatic heterocycles. The van der Waals surface area contributed by atoms with Crippen molar-refractivity contribution in [3.05, 3.63) is 17.7 Å². The lowest BCUT2D eigenvalue weighted by Crippen LogP contribution is -2.41. The summed E-state index contributed by atoms with van der Waals surface area (Å²) in [6.45, 7) is 8.27. The molecule has 7 heteroatoms. The normalized spacial score (nSPS) is 21.4. The molecule has 0 spiro atoms. The van der Waals surface area contributed by atoms with Crippen molar-refractivity contribution >= 4 is 11.7 Å². The van der Waals surface area contributed by atoms with Crippen LogP contribution in [0.3, 0.4) is 0 Å². The van der Waals surface area contributed by atoms with Crippen molar-refractivity contribution in [1.29, 1.82) is 0 Å². The molecule has 7 nitrogen and oxygen atoms in total. The lowest BCUT2D eigenvalue weighted by atomic mass is 9.92. The predicted octanol–water partition coefficient (Wildman–Crippen LogP) is 2.12. The maximum absolute atomic E-state index is 12.2. The fourth-order valence-corrected chi connectivity index (χ4v) is 3.80. The topological polar surface area (TPSA) is 88.1 Å². The van der Waals surface area contributed by atoms with Gasteiger partial charge >= 0.3 is 0 Å². The highest BCUT2D eigenvalue weighted by atomic mass is 16.5. The van der Waals surface area contributed by atoms with Crippen molar-refractivity contribution in [2.45, 2.75) is 51.7 Å². The number of ketones is 1. The zero-order chi connectivity index (χ0) is 19.6. The van der Waals surface area contributed by atoms with Crippen molar-refractivity contribution in [3.8, 4) is 17.2 Å². The van der Waals surface area contributed by atoms with Crippen LogP contribution in [0.15, 0.2) is 12.1 Å². The van der Waals surface area contributed by atoms with Crippen LogP contribution in [0.5, 0.6) is 17.2 Å². The molecule has 2 heterocycles.